The zero-order valence-electron chi connectivity index (χ0n) is 12.5. The Morgan fingerprint density at radius 2 is 1.96 bits per heavy atom. The van der Waals surface area contributed by atoms with E-state index in [0.717, 1.165) is 28.9 Å². The Morgan fingerprint density at radius 1 is 1.25 bits per heavy atom. The van der Waals surface area contributed by atoms with Gasteiger partial charge >= 0.3 is 0 Å². The molecule has 1 aliphatic rings. The molecule has 2 aromatic rings. The monoisotopic (exact) mass is 381 g/mol. The smallest absolute Gasteiger partial charge is 0.109 e. The fraction of sp³-hybridized carbons (Fsp3) is 0.188. The van der Waals surface area contributed by atoms with E-state index in [1.54, 1.807) is 5.01 Å². The fourth-order valence-corrected chi connectivity index (χ4v) is 3.49. The van der Waals surface area contributed by atoms with Crippen molar-refractivity contribution < 1.29 is 12.4 Å². The van der Waals surface area contributed by atoms with Crippen LogP contribution in [0, 0.1) is 0 Å². The number of nitrogens with zero attached hydrogens (tertiary/aromatic N) is 2. The molecule has 0 saturated carbocycles. The average molecular weight is 382 g/mol. The van der Waals surface area contributed by atoms with Crippen molar-refractivity contribution in [3.05, 3.63) is 70.7 Å². The van der Waals surface area contributed by atoms with Crippen molar-refractivity contribution in [2.45, 2.75) is 5.92 Å². The van der Waals surface area contributed by atoms with E-state index in [1.165, 1.54) is 0 Å². The molecule has 0 spiro atoms. The maximum absolute atomic E-state index is 10.5. The zero-order chi connectivity index (χ0) is 16.9. The van der Waals surface area contributed by atoms with Crippen LogP contribution in [0.2, 0.25) is 5.02 Å². The summed E-state index contributed by atoms with van der Waals surface area (Å²) >= 11 is 4.28. The largest absolute Gasteiger partial charge is 0.749 e. The van der Waals surface area contributed by atoms with E-state index in [1.807, 2.05) is 42.5 Å². The number of halogens is 1. The molecule has 1 aliphatic heterocycles. The van der Waals surface area contributed by atoms with Gasteiger partial charge in [0.25, 0.3) is 0 Å². The summed E-state index contributed by atoms with van der Waals surface area (Å²) in [5.74, 6) is 0.430. The van der Waals surface area contributed by atoms with Gasteiger partial charge in [0, 0.05) is 29.5 Å². The molecule has 0 N–H and O–H groups in total. The lowest BCUT2D eigenvalue weighted by molar-refractivity contribution is 0.360. The van der Waals surface area contributed by atoms with Gasteiger partial charge in [-0.05, 0) is 23.3 Å². The number of hydrazone groups is 1. The molecule has 2 unspecified atom stereocenters. The third kappa shape index (κ3) is 4.37. The number of benzene rings is 2. The topological polar surface area (TPSA) is 65.0 Å². The molecular weight excluding hydrogens is 368 g/mol. The van der Waals surface area contributed by atoms with Gasteiger partial charge in [0.2, 0.25) is 0 Å². The highest BCUT2D eigenvalue weighted by atomic mass is 35.5. The van der Waals surface area contributed by atoms with Crippen LogP contribution in [0.3, 0.4) is 0 Å². The minimum Gasteiger partial charge on any atom is -0.749 e. The van der Waals surface area contributed by atoms with Crippen LogP contribution in [-0.4, -0.2) is 31.9 Å². The standard InChI is InChI=1S/C16H15ClN2O3S2/c17-14-8-6-13(7-9-14)16-15(12-4-2-1-3-5-12)10-19(18-16)11-23-22-24(20)21/h1-9,15H,10-11H2,(H,20,21)/p-1. The summed E-state index contributed by atoms with van der Waals surface area (Å²) in [5, 5.41) is 7.13. The maximum atomic E-state index is 10.5. The summed E-state index contributed by atoms with van der Waals surface area (Å²) in [6, 6.07) is 17.7. The van der Waals surface area contributed by atoms with E-state index in [2.05, 4.69) is 20.9 Å². The zero-order valence-corrected chi connectivity index (χ0v) is 14.9. The number of hydrogen-bond acceptors (Lipinski definition) is 6. The molecule has 126 valence electrons. The predicted molar refractivity (Wildman–Crippen MR) is 96.3 cm³/mol. The van der Waals surface area contributed by atoms with Crippen molar-refractivity contribution in [2.75, 3.05) is 12.4 Å². The van der Waals surface area contributed by atoms with E-state index < -0.39 is 11.4 Å². The van der Waals surface area contributed by atoms with E-state index in [4.69, 9.17) is 11.6 Å². The summed E-state index contributed by atoms with van der Waals surface area (Å²) in [6.07, 6.45) is 0. The SMILES string of the molecule is O=S([O-])OSCN1CC(c2ccccc2)C(c2ccc(Cl)cc2)=N1. The molecule has 2 atom stereocenters. The summed E-state index contributed by atoms with van der Waals surface area (Å²) < 4.78 is 25.4. The number of hydrogen-bond donors (Lipinski definition) is 0. The van der Waals surface area contributed by atoms with Gasteiger partial charge in [0.05, 0.1) is 17.1 Å². The van der Waals surface area contributed by atoms with Gasteiger partial charge in [-0.2, -0.15) is 5.10 Å². The van der Waals surface area contributed by atoms with E-state index in [9.17, 15) is 8.76 Å². The second-order valence-corrected chi connectivity index (χ2v) is 7.05. The second kappa shape index (κ2) is 8.13. The first-order valence-electron chi connectivity index (χ1n) is 7.17. The molecule has 3 rings (SSSR count). The molecule has 1 heterocycles. The van der Waals surface area contributed by atoms with Gasteiger partial charge in [-0.3, -0.25) is 5.01 Å². The molecule has 0 amide bonds. The van der Waals surface area contributed by atoms with Crippen LogP contribution in [0.25, 0.3) is 0 Å². The van der Waals surface area contributed by atoms with Gasteiger partial charge in [-0.1, -0.05) is 54.1 Å². The Balaban J connectivity index is 1.83. The quantitative estimate of drug-likeness (QED) is 0.565. The Hall–Kier alpha value is -1.38. The van der Waals surface area contributed by atoms with E-state index in [0.29, 0.717) is 17.4 Å². The highest BCUT2D eigenvalue weighted by molar-refractivity contribution is 8.01. The first-order valence-corrected chi connectivity index (χ1v) is 9.46. The lowest BCUT2D eigenvalue weighted by Gasteiger charge is -2.16. The second-order valence-electron chi connectivity index (χ2n) is 5.16. The van der Waals surface area contributed by atoms with Gasteiger partial charge in [-0.25, -0.2) is 7.84 Å². The molecule has 24 heavy (non-hydrogen) atoms. The molecule has 0 radical (unpaired) electrons. The fourth-order valence-electron chi connectivity index (χ4n) is 2.59. The normalized spacial score (nSPS) is 18.5. The van der Waals surface area contributed by atoms with Crippen molar-refractivity contribution in [1.29, 1.82) is 0 Å². The van der Waals surface area contributed by atoms with Crippen molar-refractivity contribution in [3.8, 4) is 0 Å². The van der Waals surface area contributed by atoms with Gasteiger partial charge in [0.15, 0.2) is 0 Å². The van der Waals surface area contributed by atoms with Crippen LogP contribution in [0.5, 0.6) is 0 Å². The van der Waals surface area contributed by atoms with E-state index >= 15 is 0 Å². The first-order chi connectivity index (χ1) is 11.6. The van der Waals surface area contributed by atoms with Gasteiger partial charge in [0.1, 0.15) is 5.88 Å². The first kappa shape index (κ1) is 17.4. The summed E-state index contributed by atoms with van der Waals surface area (Å²) in [6.45, 7) is 0.657. The minimum atomic E-state index is -2.53. The van der Waals surface area contributed by atoms with Crippen molar-refractivity contribution in [1.82, 2.24) is 5.01 Å². The maximum Gasteiger partial charge on any atom is 0.109 e. The predicted octanol–water partition coefficient (Wildman–Crippen LogP) is 3.56. The Morgan fingerprint density at radius 3 is 2.62 bits per heavy atom. The third-order valence-electron chi connectivity index (χ3n) is 3.62. The van der Waals surface area contributed by atoms with Crippen LogP contribution in [0.1, 0.15) is 17.0 Å². The van der Waals surface area contributed by atoms with Crippen molar-refractivity contribution >= 4 is 40.7 Å². The summed E-state index contributed by atoms with van der Waals surface area (Å²) in [7, 11) is 0. The Bertz CT molecular complexity index is 741. The molecule has 2 aromatic carbocycles. The van der Waals surface area contributed by atoms with Crippen LogP contribution < -0.4 is 0 Å². The summed E-state index contributed by atoms with van der Waals surface area (Å²) in [4.78, 5) is 0. The van der Waals surface area contributed by atoms with Gasteiger partial charge in [-0.15, -0.1) is 0 Å². The molecule has 0 bridgehead atoms. The molecule has 8 heteroatoms. The lowest BCUT2D eigenvalue weighted by atomic mass is 9.91. The van der Waals surface area contributed by atoms with Crippen molar-refractivity contribution in [3.63, 3.8) is 0 Å². The molecule has 0 aromatic heterocycles. The molecule has 0 aliphatic carbocycles. The van der Waals surface area contributed by atoms with Crippen molar-refractivity contribution in [2.24, 2.45) is 5.10 Å². The van der Waals surface area contributed by atoms with Crippen LogP contribution >= 0.6 is 23.6 Å². The molecule has 0 saturated heterocycles. The van der Waals surface area contributed by atoms with Crippen LogP contribution in [0.15, 0.2) is 59.7 Å². The average Bonchev–Trinajstić information content (AvgIpc) is 3.00. The molecule has 5 nitrogen and oxygen atoms in total. The van der Waals surface area contributed by atoms with E-state index in [-0.39, 0.29) is 5.92 Å². The number of rotatable bonds is 6. The highest BCUT2D eigenvalue weighted by Crippen LogP contribution is 2.30. The lowest BCUT2D eigenvalue weighted by Crippen LogP contribution is -2.18. The Labute approximate surface area is 152 Å². The van der Waals surface area contributed by atoms with Gasteiger partial charge < -0.3 is 4.55 Å². The molecule has 0 fully saturated rings. The minimum absolute atomic E-state index is 0.103. The Kier molecular flexibility index (Phi) is 5.91. The summed E-state index contributed by atoms with van der Waals surface area (Å²) in [5.41, 5.74) is 3.09. The molecular formula is C16H14ClN2O3S2-. The third-order valence-corrected chi connectivity index (χ3v) is 5.10. The highest BCUT2D eigenvalue weighted by Gasteiger charge is 2.29. The van der Waals surface area contributed by atoms with Crippen LogP contribution in [-0.2, 0) is 15.0 Å². The van der Waals surface area contributed by atoms with Crippen LogP contribution in [0.4, 0.5) is 0 Å².